The molecule has 1 aromatic rings. The third kappa shape index (κ3) is 2.52. The highest BCUT2D eigenvalue weighted by molar-refractivity contribution is 7.03. The maximum atomic E-state index is 11.3. The molecule has 1 heterocycles. The summed E-state index contributed by atoms with van der Waals surface area (Å²) in [5.41, 5.74) is 1.50. The highest BCUT2D eigenvalue weighted by Crippen LogP contribution is 2.13. The Morgan fingerprint density at radius 2 is 2.38 bits per heavy atom. The summed E-state index contributed by atoms with van der Waals surface area (Å²) < 4.78 is 9.05. The van der Waals surface area contributed by atoms with Gasteiger partial charge in [0.1, 0.15) is 0 Å². The lowest BCUT2D eigenvalue weighted by atomic mass is 10.2. The second-order valence-corrected chi connectivity index (χ2v) is 3.27. The number of esters is 1. The maximum absolute atomic E-state index is 11.3. The van der Waals surface area contributed by atoms with Gasteiger partial charge in [0.05, 0.1) is 17.9 Å². The fraction of sp³-hybridized carbons (Fsp3) is 0.556. The van der Waals surface area contributed by atoms with Gasteiger partial charge in [-0.3, -0.25) is 0 Å². The minimum atomic E-state index is -0.250. The van der Waals surface area contributed by atoms with E-state index < -0.39 is 0 Å². The Labute approximate surface area is 81.9 Å². The Bertz CT molecular complexity index is 283. The number of carbonyl (C=O) groups excluding carboxylic acids is 1. The van der Waals surface area contributed by atoms with Gasteiger partial charge in [0.15, 0.2) is 0 Å². The van der Waals surface area contributed by atoms with E-state index in [0.29, 0.717) is 12.2 Å². The number of carbonyl (C=O) groups is 1. The molecule has 0 saturated heterocycles. The Morgan fingerprint density at radius 1 is 1.62 bits per heavy atom. The first-order valence-electron chi connectivity index (χ1n) is 4.40. The smallest absolute Gasteiger partial charge is 0.340 e. The van der Waals surface area contributed by atoms with E-state index in [9.17, 15) is 4.79 Å². The molecule has 0 bridgehead atoms. The molecule has 0 aliphatic carbocycles. The van der Waals surface area contributed by atoms with Crippen LogP contribution in [0.4, 0.5) is 0 Å². The van der Waals surface area contributed by atoms with Crippen molar-refractivity contribution in [1.29, 1.82) is 0 Å². The first-order chi connectivity index (χ1) is 6.29. The minimum Gasteiger partial charge on any atom is -0.462 e. The zero-order chi connectivity index (χ0) is 9.68. The summed E-state index contributed by atoms with van der Waals surface area (Å²) in [5.74, 6) is -0.250. The van der Waals surface area contributed by atoms with Crippen molar-refractivity contribution in [3.63, 3.8) is 0 Å². The van der Waals surface area contributed by atoms with Crippen LogP contribution in [0, 0.1) is 0 Å². The quantitative estimate of drug-likeness (QED) is 0.698. The van der Waals surface area contributed by atoms with Crippen molar-refractivity contribution in [3.05, 3.63) is 16.6 Å². The molecule has 0 spiro atoms. The van der Waals surface area contributed by atoms with Crippen LogP contribution >= 0.6 is 11.5 Å². The van der Waals surface area contributed by atoms with Gasteiger partial charge in [-0.2, -0.15) is 4.37 Å². The maximum Gasteiger partial charge on any atom is 0.340 e. The SMILES string of the molecule is CCCc1nscc1C(=O)OCC. The van der Waals surface area contributed by atoms with E-state index in [1.165, 1.54) is 11.5 Å². The van der Waals surface area contributed by atoms with Gasteiger partial charge in [-0.1, -0.05) is 13.3 Å². The first kappa shape index (κ1) is 10.2. The largest absolute Gasteiger partial charge is 0.462 e. The Hall–Kier alpha value is -0.900. The molecule has 3 nitrogen and oxygen atoms in total. The topological polar surface area (TPSA) is 39.2 Å². The van der Waals surface area contributed by atoms with E-state index >= 15 is 0 Å². The lowest BCUT2D eigenvalue weighted by molar-refractivity contribution is 0.0525. The molecule has 0 fully saturated rings. The number of hydrogen-bond acceptors (Lipinski definition) is 4. The minimum absolute atomic E-state index is 0.250. The van der Waals surface area contributed by atoms with Crippen LogP contribution in [0.1, 0.15) is 36.3 Å². The van der Waals surface area contributed by atoms with E-state index in [-0.39, 0.29) is 5.97 Å². The molecule has 1 aromatic heterocycles. The molecule has 0 radical (unpaired) electrons. The summed E-state index contributed by atoms with van der Waals surface area (Å²) in [6.07, 6.45) is 1.84. The molecule has 0 amide bonds. The molecule has 13 heavy (non-hydrogen) atoms. The van der Waals surface area contributed by atoms with Crippen molar-refractivity contribution in [2.45, 2.75) is 26.7 Å². The van der Waals surface area contributed by atoms with Crippen LogP contribution in [0.2, 0.25) is 0 Å². The zero-order valence-corrected chi connectivity index (χ0v) is 8.69. The fourth-order valence-corrected chi connectivity index (χ4v) is 1.76. The van der Waals surface area contributed by atoms with Gasteiger partial charge in [0, 0.05) is 5.38 Å². The molecule has 72 valence electrons. The standard InChI is InChI=1S/C9H13NO2S/c1-3-5-8-7(6-13-10-8)9(11)12-4-2/h6H,3-5H2,1-2H3. The Balaban J connectivity index is 2.74. The summed E-state index contributed by atoms with van der Waals surface area (Å²) in [7, 11) is 0. The van der Waals surface area contributed by atoms with Crippen LogP contribution in [0.5, 0.6) is 0 Å². The van der Waals surface area contributed by atoms with E-state index in [1.807, 2.05) is 0 Å². The van der Waals surface area contributed by atoms with Crippen molar-refractivity contribution >= 4 is 17.5 Å². The fourth-order valence-electron chi connectivity index (χ4n) is 1.05. The summed E-state index contributed by atoms with van der Waals surface area (Å²) in [5, 5.41) is 1.75. The summed E-state index contributed by atoms with van der Waals surface area (Å²) in [6.45, 7) is 4.28. The van der Waals surface area contributed by atoms with Crippen molar-refractivity contribution < 1.29 is 9.53 Å². The second kappa shape index (κ2) is 4.97. The molecule has 0 N–H and O–H groups in total. The van der Waals surface area contributed by atoms with E-state index in [0.717, 1.165) is 18.5 Å². The van der Waals surface area contributed by atoms with Crippen LogP contribution in [0.3, 0.4) is 0 Å². The number of ether oxygens (including phenoxy) is 1. The number of nitrogens with zero attached hydrogens (tertiary/aromatic N) is 1. The van der Waals surface area contributed by atoms with Crippen LogP contribution in [0.15, 0.2) is 5.38 Å². The van der Waals surface area contributed by atoms with E-state index in [4.69, 9.17) is 4.74 Å². The lowest BCUT2D eigenvalue weighted by Crippen LogP contribution is -2.06. The molecule has 4 heteroatoms. The first-order valence-corrected chi connectivity index (χ1v) is 5.23. The second-order valence-electron chi connectivity index (χ2n) is 2.65. The van der Waals surface area contributed by atoms with E-state index in [2.05, 4.69) is 11.3 Å². The Morgan fingerprint density at radius 3 is 3.00 bits per heavy atom. The lowest BCUT2D eigenvalue weighted by Gasteiger charge is -2.00. The number of aromatic nitrogens is 1. The van der Waals surface area contributed by atoms with Gasteiger partial charge in [-0.05, 0) is 24.9 Å². The van der Waals surface area contributed by atoms with E-state index in [1.54, 1.807) is 12.3 Å². The number of aryl methyl sites for hydroxylation is 1. The molecular formula is C9H13NO2S. The number of rotatable bonds is 4. The highest BCUT2D eigenvalue weighted by atomic mass is 32.1. The molecule has 0 aliphatic heterocycles. The number of hydrogen-bond donors (Lipinski definition) is 0. The van der Waals surface area contributed by atoms with Crippen molar-refractivity contribution in [2.24, 2.45) is 0 Å². The normalized spacial score (nSPS) is 10.0. The molecule has 0 atom stereocenters. The third-order valence-corrected chi connectivity index (χ3v) is 2.29. The summed E-state index contributed by atoms with van der Waals surface area (Å²) >= 11 is 1.31. The zero-order valence-electron chi connectivity index (χ0n) is 7.87. The molecule has 0 aromatic carbocycles. The molecule has 0 unspecified atom stereocenters. The average molecular weight is 199 g/mol. The van der Waals surface area contributed by atoms with Gasteiger partial charge in [0.25, 0.3) is 0 Å². The van der Waals surface area contributed by atoms with Crippen molar-refractivity contribution in [1.82, 2.24) is 4.37 Å². The summed E-state index contributed by atoms with van der Waals surface area (Å²) in [6, 6.07) is 0. The molecule has 0 saturated carbocycles. The highest BCUT2D eigenvalue weighted by Gasteiger charge is 2.13. The molecule has 1 rings (SSSR count). The average Bonchev–Trinajstić information content (AvgIpc) is 2.54. The summed E-state index contributed by atoms with van der Waals surface area (Å²) in [4.78, 5) is 11.3. The Kier molecular flexibility index (Phi) is 3.89. The van der Waals surface area contributed by atoms with Gasteiger partial charge in [-0.15, -0.1) is 0 Å². The van der Waals surface area contributed by atoms with Gasteiger partial charge in [0.2, 0.25) is 0 Å². The monoisotopic (exact) mass is 199 g/mol. The van der Waals surface area contributed by atoms with Crippen LogP contribution in [0.25, 0.3) is 0 Å². The van der Waals surface area contributed by atoms with Gasteiger partial charge >= 0.3 is 5.97 Å². The van der Waals surface area contributed by atoms with Crippen LogP contribution < -0.4 is 0 Å². The third-order valence-electron chi connectivity index (χ3n) is 1.63. The van der Waals surface area contributed by atoms with Crippen LogP contribution in [-0.4, -0.2) is 16.9 Å². The van der Waals surface area contributed by atoms with Crippen LogP contribution in [-0.2, 0) is 11.2 Å². The van der Waals surface area contributed by atoms with Gasteiger partial charge in [-0.25, -0.2) is 4.79 Å². The predicted octanol–water partition coefficient (Wildman–Crippen LogP) is 2.27. The predicted molar refractivity (Wildman–Crippen MR) is 52.1 cm³/mol. The molecule has 0 aliphatic rings. The van der Waals surface area contributed by atoms with Gasteiger partial charge < -0.3 is 4.74 Å². The molecular weight excluding hydrogens is 186 g/mol. The van der Waals surface area contributed by atoms with Crippen molar-refractivity contribution in [2.75, 3.05) is 6.61 Å². The van der Waals surface area contributed by atoms with Crippen molar-refractivity contribution in [3.8, 4) is 0 Å².